The summed E-state index contributed by atoms with van der Waals surface area (Å²) in [6.07, 6.45) is 6.27. The quantitative estimate of drug-likeness (QED) is 0.635. The van der Waals surface area contributed by atoms with E-state index in [0.717, 1.165) is 12.8 Å². The zero-order valence-corrected chi connectivity index (χ0v) is 7.92. The number of H-pyrrole nitrogens is 1. The molecule has 0 saturated heterocycles. The van der Waals surface area contributed by atoms with Gasteiger partial charge in [-0.3, -0.25) is 4.79 Å². The number of aromatic amines is 1. The van der Waals surface area contributed by atoms with Crippen LogP contribution in [0.4, 0.5) is 5.82 Å². The van der Waals surface area contributed by atoms with Crippen molar-refractivity contribution in [2.45, 2.75) is 24.8 Å². The molecule has 1 aromatic heterocycles. The van der Waals surface area contributed by atoms with E-state index in [2.05, 4.69) is 15.3 Å². The summed E-state index contributed by atoms with van der Waals surface area (Å²) in [5.41, 5.74) is 5.66. The van der Waals surface area contributed by atoms with Gasteiger partial charge < -0.3 is 16.0 Å². The molecular formula is C9H14N4O. The maximum absolute atomic E-state index is 11.2. The van der Waals surface area contributed by atoms with Gasteiger partial charge in [0.25, 0.3) is 5.56 Å². The normalized spacial score (nSPS) is 18.6. The maximum atomic E-state index is 11.2. The molecular weight excluding hydrogens is 180 g/mol. The minimum Gasteiger partial charge on any atom is -0.364 e. The predicted octanol–water partition coefficient (Wildman–Crippen LogP) is 0.0632. The highest BCUT2D eigenvalue weighted by molar-refractivity contribution is 5.31. The molecule has 0 radical (unpaired) electrons. The first-order valence-electron chi connectivity index (χ1n) is 4.76. The Labute approximate surface area is 81.7 Å². The van der Waals surface area contributed by atoms with Gasteiger partial charge in [0.1, 0.15) is 0 Å². The number of hydrogen-bond acceptors (Lipinski definition) is 4. The van der Waals surface area contributed by atoms with E-state index in [4.69, 9.17) is 5.73 Å². The summed E-state index contributed by atoms with van der Waals surface area (Å²) in [7, 11) is 0. The van der Waals surface area contributed by atoms with Crippen LogP contribution >= 0.6 is 0 Å². The summed E-state index contributed by atoms with van der Waals surface area (Å²) in [5.74, 6) is 0.351. The number of rotatable bonds is 3. The van der Waals surface area contributed by atoms with Gasteiger partial charge in [0.05, 0.1) is 0 Å². The molecule has 76 valence electrons. The lowest BCUT2D eigenvalue weighted by Crippen LogP contribution is -2.52. The van der Waals surface area contributed by atoms with Crippen LogP contribution in [0.5, 0.6) is 0 Å². The molecule has 1 saturated carbocycles. The number of hydrogen-bond donors (Lipinski definition) is 3. The molecule has 2 rings (SSSR count). The molecule has 1 aliphatic carbocycles. The number of nitrogens with zero attached hydrogens (tertiary/aromatic N) is 1. The van der Waals surface area contributed by atoms with Crippen LogP contribution in [0.2, 0.25) is 0 Å². The van der Waals surface area contributed by atoms with Gasteiger partial charge in [-0.2, -0.15) is 0 Å². The average Bonchev–Trinajstić information content (AvgIpc) is 2.14. The van der Waals surface area contributed by atoms with Crippen molar-refractivity contribution in [3.8, 4) is 0 Å². The highest BCUT2D eigenvalue weighted by atomic mass is 16.1. The van der Waals surface area contributed by atoms with E-state index in [-0.39, 0.29) is 11.1 Å². The highest BCUT2D eigenvalue weighted by Gasteiger charge is 2.32. The summed E-state index contributed by atoms with van der Waals surface area (Å²) in [6.45, 7) is 0.618. The van der Waals surface area contributed by atoms with Gasteiger partial charge in [-0.05, 0) is 19.3 Å². The molecule has 0 aliphatic heterocycles. The Morgan fingerprint density at radius 1 is 1.64 bits per heavy atom. The van der Waals surface area contributed by atoms with E-state index in [1.54, 1.807) is 6.20 Å². The molecule has 5 heteroatoms. The van der Waals surface area contributed by atoms with Gasteiger partial charge in [-0.25, -0.2) is 4.98 Å². The fourth-order valence-corrected chi connectivity index (χ4v) is 1.55. The molecule has 4 N–H and O–H groups in total. The van der Waals surface area contributed by atoms with Crippen molar-refractivity contribution in [3.05, 3.63) is 22.7 Å². The number of anilines is 1. The third kappa shape index (κ3) is 1.77. The largest absolute Gasteiger partial charge is 0.364 e. The van der Waals surface area contributed by atoms with Crippen LogP contribution < -0.4 is 16.6 Å². The minimum atomic E-state index is -0.199. The molecule has 0 amide bonds. The average molecular weight is 194 g/mol. The molecule has 0 bridgehead atoms. The first-order chi connectivity index (χ1) is 6.70. The van der Waals surface area contributed by atoms with Gasteiger partial charge in [0, 0.05) is 24.5 Å². The third-order valence-electron chi connectivity index (χ3n) is 2.66. The van der Waals surface area contributed by atoms with E-state index >= 15 is 0 Å². The van der Waals surface area contributed by atoms with Crippen molar-refractivity contribution in [2.75, 3.05) is 11.9 Å². The Morgan fingerprint density at radius 2 is 2.43 bits per heavy atom. The molecule has 5 nitrogen and oxygen atoms in total. The van der Waals surface area contributed by atoms with Crippen molar-refractivity contribution < 1.29 is 0 Å². The molecule has 1 heterocycles. The molecule has 14 heavy (non-hydrogen) atoms. The molecule has 0 unspecified atom stereocenters. The first-order valence-corrected chi connectivity index (χ1v) is 4.76. The standard InChI is InChI=1S/C9H14N4O/c10-9(2-1-3-9)6-13-7-8(14)12-5-4-11-7/h4-5H,1-3,6,10H2,(H,11,13)(H,12,14). The molecule has 0 aromatic carbocycles. The Bertz CT molecular complexity index is 369. The van der Waals surface area contributed by atoms with Crippen LogP contribution in [0.1, 0.15) is 19.3 Å². The maximum Gasteiger partial charge on any atom is 0.290 e. The number of nitrogens with two attached hydrogens (primary N) is 1. The summed E-state index contributed by atoms with van der Waals surface area (Å²) in [6, 6.07) is 0. The molecule has 0 atom stereocenters. The van der Waals surface area contributed by atoms with Crippen LogP contribution in [-0.2, 0) is 0 Å². The van der Waals surface area contributed by atoms with Gasteiger partial charge in [0.15, 0.2) is 5.82 Å². The first kappa shape index (κ1) is 9.21. The fourth-order valence-electron chi connectivity index (χ4n) is 1.55. The third-order valence-corrected chi connectivity index (χ3v) is 2.66. The fraction of sp³-hybridized carbons (Fsp3) is 0.556. The van der Waals surface area contributed by atoms with Crippen molar-refractivity contribution in [3.63, 3.8) is 0 Å². The van der Waals surface area contributed by atoms with Crippen molar-refractivity contribution >= 4 is 5.82 Å². The molecule has 1 aromatic rings. The lowest BCUT2D eigenvalue weighted by Gasteiger charge is -2.38. The monoisotopic (exact) mass is 194 g/mol. The number of nitrogens with one attached hydrogen (secondary N) is 2. The van der Waals surface area contributed by atoms with Crippen molar-refractivity contribution in [2.24, 2.45) is 5.73 Å². The van der Waals surface area contributed by atoms with Crippen LogP contribution in [0.15, 0.2) is 17.2 Å². The second-order valence-corrected chi connectivity index (χ2v) is 3.84. The smallest absolute Gasteiger partial charge is 0.290 e. The summed E-state index contributed by atoms with van der Waals surface area (Å²) >= 11 is 0. The molecule has 1 fully saturated rings. The van der Waals surface area contributed by atoms with E-state index < -0.39 is 0 Å². The Kier molecular flexibility index (Phi) is 2.25. The predicted molar refractivity (Wildman–Crippen MR) is 54.1 cm³/mol. The summed E-state index contributed by atoms with van der Waals surface area (Å²) < 4.78 is 0. The Hall–Kier alpha value is -1.36. The van der Waals surface area contributed by atoms with Crippen LogP contribution in [-0.4, -0.2) is 22.1 Å². The van der Waals surface area contributed by atoms with Crippen LogP contribution in [0.3, 0.4) is 0 Å². The summed E-state index contributed by atoms with van der Waals surface area (Å²) in [4.78, 5) is 17.7. The second kappa shape index (κ2) is 3.42. The lowest BCUT2D eigenvalue weighted by molar-refractivity contribution is 0.265. The van der Waals surface area contributed by atoms with Gasteiger partial charge >= 0.3 is 0 Å². The van der Waals surface area contributed by atoms with E-state index in [1.807, 2.05) is 0 Å². The summed E-state index contributed by atoms with van der Waals surface area (Å²) in [5, 5.41) is 2.98. The van der Waals surface area contributed by atoms with Crippen LogP contribution in [0.25, 0.3) is 0 Å². The topological polar surface area (TPSA) is 83.8 Å². The minimum absolute atomic E-state index is 0.135. The van der Waals surface area contributed by atoms with E-state index in [9.17, 15) is 4.79 Å². The SMILES string of the molecule is NC1(CNc2ncc[nH]c2=O)CCC1. The molecule has 0 spiro atoms. The Morgan fingerprint density at radius 3 is 3.00 bits per heavy atom. The second-order valence-electron chi connectivity index (χ2n) is 3.84. The van der Waals surface area contributed by atoms with Gasteiger partial charge in [-0.15, -0.1) is 0 Å². The number of aromatic nitrogens is 2. The van der Waals surface area contributed by atoms with Crippen LogP contribution in [0, 0.1) is 0 Å². The van der Waals surface area contributed by atoms with Crippen molar-refractivity contribution in [1.29, 1.82) is 0 Å². The van der Waals surface area contributed by atoms with Crippen molar-refractivity contribution in [1.82, 2.24) is 9.97 Å². The van der Waals surface area contributed by atoms with E-state index in [1.165, 1.54) is 12.6 Å². The lowest BCUT2D eigenvalue weighted by atomic mass is 9.78. The highest BCUT2D eigenvalue weighted by Crippen LogP contribution is 2.28. The Balaban J connectivity index is 1.98. The van der Waals surface area contributed by atoms with E-state index in [0.29, 0.717) is 12.4 Å². The molecule has 1 aliphatic rings. The zero-order valence-electron chi connectivity index (χ0n) is 7.92. The zero-order chi connectivity index (χ0) is 10.0. The van der Waals surface area contributed by atoms with Gasteiger partial charge in [-0.1, -0.05) is 0 Å². The van der Waals surface area contributed by atoms with Gasteiger partial charge in [0.2, 0.25) is 0 Å².